The van der Waals surface area contributed by atoms with Crippen LogP contribution in [0.5, 0.6) is 0 Å². The van der Waals surface area contributed by atoms with Crippen LogP contribution in [0.1, 0.15) is 21.6 Å². The van der Waals surface area contributed by atoms with Gasteiger partial charge < -0.3 is 15.0 Å². The molecule has 1 heterocycles. The predicted octanol–water partition coefficient (Wildman–Crippen LogP) is 2.62. The van der Waals surface area contributed by atoms with Crippen LogP contribution in [0, 0.1) is 13.8 Å². The fraction of sp³-hybridized carbons (Fsp3) is 0.333. The Hall–Kier alpha value is -2.51. The SMILES string of the molecule is Cc1[nH]c2ccc(C(=O)OCC(=O)NCC(F)(F)F)cc2c1C. The number of aromatic amines is 1. The molecule has 2 rings (SSSR count). The minimum Gasteiger partial charge on any atom is -0.452 e. The van der Waals surface area contributed by atoms with Gasteiger partial charge in [0.05, 0.1) is 5.56 Å². The number of aryl methyl sites for hydroxylation is 2. The summed E-state index contributed by atoms with van der Waals surface area (Å²) in [6.07, 6.45) is -4.51. The number of hydrogen-bond acceptors (Lipinski definition) is 3. The number of esters is 1. The lowest BCUT2D eigenvalue weighted by molar-refractivity contribution is -0.140. The molecule has 0 fully saturated rings. The van der Waals surface area contributed by atoms with Crippen LogP contribution in [0.3, 0.4) is 0 Å². The quantitative estimate of drug-likeness (QED) is 0.848. The molecular formula is C15H15F3N2O3. The standard InChI is InChI=1S/C15H15F3N2O3/c1-8-9(2)20-12-4-3-10(5-11(8)12)14(22)23-6-13(21)19-7-15(16,17)18/h3-5,20H,6-7H2,1-2H3,(H,19,21). The smallest absolute Gasteiger partial charge is 0.405 e. The number of aromatic nitrogens is 1. The highest BCUT2D eigenvalue weighted by Crippen LogP contribution is 2.22. The van der Waals surface area contributed by atoms with Crippen molar-refractivity contribution < 1.29 is 27.5 Å². The second-order valence-electron chi connectivity index (χ2n) is 5.10. The van der Waals surface area contributed by atoms with Crippen molar-refractivity contribution in [1.29, 1.82) is 0 Å². The molecule has 2 N–H and O–H groups in total. The zero-order chi connectivity index (χ0) is 17.2. The fourth-order valence-corrected chi connectivity index (χ4v) is 2.05. The molecule has 0 radical (unpaired) electrons. The van der Waals surface area contributed by atoms with Crippen molar-refractivity contribution in [2.45, 2.75) is 20.0 Å². The summed E-state index contributed by atoms with van der Waals surface area (Å²) in [5, 5.41) is 2.47. The Bertz CT molecular complexity index is 750. The molecule has 1 aromatic heterocycles. The van der Waals surface area contributed by atoms with Gasteiger partial charge in [0, 0.05) is 16.6 Å². The van der Waals surface area contributed by atoms with Gasteiger partial charge in [0.2, 0.25) is 0 Å². The average molecular weight is 328 g/mol. The van der Waals surface area contributed by atoms with E-state index in [0.717, 1.165) is 22.2 Å². The van der Waals surface area contributed by atoms with E-state index in [2.05, 4.69) is 4.98 Å². The lowest BCUT2D eigenvalue weighted by Gasteiger charge is -2.09. The predicted molar refractivity (Wildman–Crippen MR) is 77.1 cm³/mol. The van der Waals surface area contributed by atoms with E-state index >= 15 is 0 Å². The van der Waals surface area contributed by atoms with Gasteiger partial charge in [0.25, 0.3) is 5.91 Å². The summed E-state index contributed by atoms with van der Waals surface area (Å²) >= 11 is 0. The summed E-state index contributed by atoms with van der Waals surface area (Å²) in [6, 6.07) is 4.84. The minimum absolute atomic E-state index is 0.225. The van der Waals surface area contributed by atoms with Crippen LogP contribution < -0.4 is 5.32 Å². The molecular weight excluding hydrogens is 313 g/mol. The lowest BCUT2D eigenvalue weighted by Crippen LogP contribution is -2.36. The second kappa shape index (κ2) is 6.31. The minimum atomic E-state index is -4.51. The molecule has 0 saturated heterocycles. The highest BCUT2D eigenvalue weighted by atomic mass is 19.4. The van der Waals surface area contributed by atoms with E-state index in [1.165, 1.54) is 6.07 Å². The maximum Gasteiger partial charge on any atom is 0.405 e. The Morgan fingerprint density at radius 2 is 1.96 bits per heavy atom. The summed E-state index contributed by atoms with van der Waals surface area (Å²) in [4.78, 5) is 26.2. The number of alkyl halides is 3. The summed E-state index contributed by atoms with van der Waals surface area (Å²) in [5.74, 6) is -1.78. The van der Waals surface area contributed by atoms with E-state index in [4.69, 9.17) is 4.74 Å². The Balaban J connectivity index is 1.98. The summed E-state index contributed by atoms with van der Waals surface area (Å²) in [5.41, 5.74) is 3.04. The van der Waals surface area contributed by atoms with Crippen molar-refractivity contribution in [3.05, 3.63) is 35.0 Å². The van der Waals surface area contributed by atoms with Gasteiger partial charge >= 0.3 is 12.1 Å². The number of halogens is 3. The van der Waals surface area contributed by atoms with Crippen molar-refractivity contribution in [3.8, 4) is 0 Å². The third-order valence-corrected chi connectivity index (χ3v) is 3.36. The van der Waals surface area contributed by atoms with Crippen molar-refractivity contribution in [2.75, 3.05) is 13.2 Å². The number of rotatable bonds is 4. The number of ether oxygens (including phenoxy) is 1. The molecule has 0 unspecified atom stereocenters. The normalized spacial score (nSPS) is 11.5. The number of nitrogens with one attached hydrogen (secondary N) is 2. The third-order valence-electron chi connectivity index (χ3n) is 3.36. The monoisotopic (exact) mass is 328 g/mol. The number of carbonyl (C=O) groups excluding carboxylic acids is 2. The number of carbonyl (C=O) groups is 2. The molecule has 0 spiro atoms. The number of fused-ring (bicyclic) bond motifs is 1. The topological polar surface area (TPSA) is 71.2 Å². The van der Waals surface area contributed by atoms with Crippen molar-refractivity contribution in [1.82, 2.24) is 10.3 Å². The molecule has 124 valence electrons. The maximum absolute atomic E-state index is 11.9. The number of benzene rings is 1. The lowest BCUT2D eigenvalue weighted by atomic mass is 10.1. The van der Waals surface area contributed by atoms with E-state index in [9.17, 15) is 22.8 Å². The van der Waals surface area contributed by atoms with Crippen LogP contribution in [0.25, 0.3) is 10.9 Å². The molecule has 0 atom stereocenters. The van der Waals surface area contributed by atoms with E-state index in [-0.39, 0.29) is 5.56 Å². The Labute approximate surface area is 129 Å². The van der Waals surface area contributed by atoms with Gasteiger partial charge in [-0.2, -0.15) is 13.2 Å². The molecule has 0 aliphatic rings. The molecule has 23 heavy (non-hydrogen) atoms. The molecule has 0 aliphatic heterocycles. The number of amides is 1. The van der Waals surface area contributed by atoms with Crippen LogP contribution in [0.15, 0.2) is 18.2 Å². The molecule has 8 heteroatoms. The van der Waals surface area contributed by atoms with Gasteiger partial charge in [0.1, 0.15) is 6.54 Å². The van der Waals surface area contributed by atoms with Crippen molar-refractivity contribution in [2.24, 2.45) is 0 Å². The zero-order valence-corrected chi connectivity index (χ0v) is 12.5. The highest BCUT2D eigenvalue weighted by Gasteiger charge is 2.27. The Kier molecular flexibility index (Phi) is 4.63. The number of H-pyrrole nitrogens is 1. The van der Waals surface area contributed by atoms with E-state index in [0.29, 0.717) is 0 Å². The Morgan fingerprint density at radius 1 is 1.26 bits per heavy atom. The van der Waals surface area contributed by atoms with E-state index in [1.54, 1.807) is 17.4 Å². The maximum atomic E-state index is 11.9. The molecule has 0 aliphatic carbocycles. The van der Waals surface area contributed by atoms with Crippen LogP contribution in [0.2, 0.25) is 0 Å². The van der Waals surface area contributed by atoms with Gasteiger partial charge in [-0.15, -0.1) is 0 Å². The average Bonchev–Trinajstić information content (AvgIpc) is 2.76. The van der Waals surface area contributed by atoms with Crippen LogP contribution in [0.4, 0.5) is 13.2 Å². The summed E-state index contributed by atoms with van der Waals surface area (Å²) < 4.78 is 40.5. The van der Waals surface area contributed by atoms with Gasteiger partial charge in [-0.1, -0.05) is 0 Å². The highest BCUT2D eigenvalue weighted by molar-refractivity contribution is 5.96. The van der Waals surface area contributed by atoms with Crippen LogP contribution in [-0.2, 0) is 9.53 Å². The second-order valence-corrected chi connectivity index (χ2v) is 5.10. The van der Waals surface area contributed by atoms with E-state index < -0.39 is 31.2 Å². The summed E-state index contributed by atoms with van der Waals surface area (Å²) in [7, 11) is 0. The van der Waals surface area contributed by atoms with Gasteiger partial charge in [-0.25, -0.2) is 4.79 Å². The largest absolute Gasteiger partial charge is 0.452 e. The van der Waals surface area contributed by atoms with Gasteiger partial charge in [-0.3, -0.25) is 4.79 Å². The first-order valence-electron chi connectivity index (χ1n) is 6.77. The molecule has 2 aromatic rings. The van der Waals surface area contributed by atoms with Gasteiger partial charge in [0.15, 0.2) is 6.61 Å². The molecule has 0 saturated carbocycles. The molecule has 1 amide bonds. The van der Waals surface area contributed by atoms with Gasteiger partial charge in [-0.05, 0) is 37.6 Å². The zero-order valence-electron chi connectivity index (χ0n) is 12.5. The van der Waals surface area contributed by atoms with Crippen LogP contribution in [-0.4, -0.2) is 36.2 Å². The molecule has 0 bridgehead atoms. The number of hydrogen-bond donors (Lipinski definition) is 2. The Morgan fingerprint density at radius 3 is 2.61 bits per heavy atom. The first kappa shape index (κ1) is 16.9. The van der Waals surface area contributed by atoms with Crippen LogP contribution >= 0.6 is 0 Å². The van der Waals surface area contributed by atoms with Crippen molar-refractivity contribution >= 4 is 22.8 Å². The van der Waals surface area contributed by atoms with E-state index in [1.807, 2.05) is 13.8 Å². The van der Waals surface area contributed by atoms with Crippen molar-refractivity contribution in [3.63, 3.8) is 0 Å². The molecule has 1 aromatic carbocycles. The first-order valence-corrected chi connectivity index (χ1v) is 6.77. The third kappa shape index (κ3) is 4.24. The summed E-state index contributed by atoms with van der Waals surface area (Å²) in [6.45, 7) is 1.57. The fourth-order valence-electron chi connectivity index (χ4n) is 2.05. The first-order chi connectivity index (χ1) is 10.7. The molecule has 5 nitrogen and oxygen atoms in total.